The van der Waals surface area contributed by atoms with Gasteiger partial charge < -0.3 is 0 Å². The van der Waals surface area contributed by atoms with E-state index in [-0.39, 0.29) is 12.1 Å². The molecule has 3 heterocycles. The fourth-order valence-corrected chi connectivity index (χ4v) is 2.41. The highest BCUT2D eigenvalue weighted by Gasteiger charge is 2.12. The van der Waals surface area contributed by atoms with Crippen LogP contribution in [0.2, 0.25) is 0 Å². The molecule has 0 amide bonds. The first kappa shape index (κ1) is 13.3. The van der Waals surface area contributed by atoms with Crippen molar-refractivity contribution in [1.82, 2.24) is 39.5 Å². The molecular formula is C14H12N8O. The number of aromatic nitrogens is 8. The van der Waals surface area contributed by atoms with Gasteiger partial charge in [-0.15, -0.1) is 5.10 Å². The molecule has 0 N–H and O–H groups in total. The molecule has 0 saturated heterocycles. The number of benzene rings is 1. The van der Waals surface area contributed by atoms with Crippen LogP contribution in [0, 0.1) is 0 Å². The zero-order valence-corrected chi connectivity index (χ0v) is 12.2. The van der Waals surface area contributed by atoms with Crippen molar-refractivity contribution >= 4 is 11.0 Å². The van der Waals surface area contributed by atoms with Gasteiger partial charge in [-0.1, -0.05) is 18.2 Å². The minimum absolute atomic E-state index is 0.175. The van der Waals surface area contributed by atoms with Gasteiger partial charge in [-0.2, -0.15) is 9.78 Å². The number of tetrazole rings is 1. The van der Waals surface area contributed by atoms with Crippen molar-refractivity contribution < 1.29 is 0 Å². The first-order valence-electron chi connectivity index (χ1n) is 6.94. The van der Waals surface area contributed by atoms with Crippen LogP contribution in [0.15, 0.2) is 47.7 Å². The van der Waals surface area contributed by atoms with Crippen LogP contribution >= 0.6 is 0 Å². The molecule has 0 unspecified atom stereocenters. The molecule has 0 aliphatic carbocycles. The van der Waals surface area contributed by atoms with Crippen molar-refractivity contribution in [1.29, 1.82) is 0 Å². The molecule has 0 atom stereocenters. The maximum Gasteiger partial charge on any atom is 0.264 e. The van der Waals surface area contributed by atoms with Gasteiger partial charge in [-0.25, -0.2) is 4.98 Å². The van der Waals surface area contributed by atoms with E-state index in [2.05, 4.69) is 25.6 Å². The molecule has 1 aromatic carbocycles. The van der Waals surface area contributed by atoms with Crippen LogP contribution in [0.3, 0.4) is 0 Å². The third-order valence-corrected chi connectivity index (χ3v) is 3.56. The average molecular weight is 308 g/mol. The van der Waals surface area contributed by atoms with Gasteiger partial charge in [0.1, 0.15) is 11.7 Å². The molecule has 3 aromatic heterocycles. The largest absolute Gasteiger partial charge is 0.291 e. The summed E-state index contributed by atoms with van der Waals surface area (Å²) in [7, 11) is 1.75. The molecule has 4 aromatic rings. The van der Waals surface area contributed by atoms with Crippen LogP contribution in [0.5, 0.6) is 0 Å². The SMILES string of the molecule is Cn1ncc2c(=O)n(Cc3nnnn3-c3ccccc3)cnc21. The van der Waals surface area contributed by atoms with Crippen LogP contribution in [0.1, 0.15) is 5.82 Å². The fourth-order valence-electron chi connectivity index (χ4n) is 2.41. The number of nitrogens with zero attached hydrogens (tertiary/aromatic N) is 8. The number of fused-ring (bicyclic) bond motifs is 1. The van der Waals surface area contributed by atoms with Gasteiger partial charge in [0.15, 0.2) is 11.5 Å². The fraction of sp³-hybridized carbons (Fsp3) is 0.143. The lowest BCUT2D eigenvalue weighted by atomic mass is 10.3. The number of hydrogen-bond acceptors (Lipinski definition) is 6. The molecule has 0 bridgehead atoms. The maximum absolute atomic E-state index is 12.5. The Morgan fingerprint density at radius 1 is 1.17 bits per heavy atom. The number of aryl methyl sites for hydroxylation is 1. The van der Waals surface area contributed by atoms with Gasteiger partial charge in [-0.3, -0.25) is 14.0 Å². The van der Waals surface area contributed by atoms with Gasteiger partial charge in [0, 0.05) is 7.05 Å². The molecule has 9 nitrogen and oxygen atoms in total. The van der Waals surface area contributed by atoms with Gasteiger partial charge >= 0.3 is 0 Å². The second-order valence-electron chi connectivity index (χ2n) is 5.03. The Kier molecular flexibility index (Phi) is 2.97. The van der Waals surface area contributed by atoms with Crippen molar-refractivity contribution in [2.75, 3.05) is 0 Å². The third kappa shape index (κ3) is 2.18. The maximum atomic E-state index is 12.5. The summed E-state index contributed by atoms with van der Waals surface area (Å²) < 4.78 is 4.63. The van der Waals surface area contributed by atoms with Crippen LogP contribution in [-0.2, 0) is 13.6 Å². The zero-order valence-electron chi connectivity index (χ0n) is 12.2. The minimum Gasteiger partial charge on any atom is -0.291 e. The Hall–Kier alpha value is -3.36. The third-order valence-electron chi connectivity index (χ3n) is 3.56. The normalized spacial score (nSPS) is 11.2. The summed E-state index contributed by atoms with van der Waals surface area (Å²) in [4.78, 5) is 16.8. The Balaban J connectivity index is 1.77. The second kappa shape index (κ2) is 5.13. The van der Waals surface area contributed by atoms with E-state index in [1.165, 1.54) is 17.1 Å². The summed E-state index contributed by atoms with van der Waals surface area (Å²) in [6, 6.07) is 9.50. The van der Waals surface area contributed by atoms with Crippen molar-refractivity contribution in [2.24, 2.45) is 7.05 Å². The molecule has 9 heteroatoms. The monoisotopic (exact) mass is 308 g/mol. The Morgan fingerprint density at radius 3 is 2.83 bits per heavy atom. The van der Waals surface area contributed by atoms with E-state index in [1.807, 2.05) is 30.3 Å². The molecule has 0 aliphatic heterocycles. The summed E-state index contributed by atoms with van der Waals surface area (Å²) >= 11 is 0. The van der Waals surface area contributed by atoms with Gasteiger partial charge in [0.05, 0.1) is 18.4 Å². The molecule has 0 aliphatic rings. The highest BCUT2D eigenvalue weighted by molar-refractivity contribution is 5.72. The van der Waals surface area contributed by atoms with E-state index < -0.39 is 0 Å². The molecule has 0 fully saturated rings. The van der Waals surface area contributed by atoms with Gasteiger partial charge in [-0.05, 0) is 22.6 Å². The standard InChI is InChI=1S/C14H12N8O/c1-20-13-11(7-16-20)14(23)21(9-15-13)8-12-17-18-19-22(12)10-5-3-2-4-6-10/h2-7,9H,8H2,1H3. The summed E-state index contributed by atoms with van der Waals surface area (Å²) in [5.74, 6) is 0.545. The van der Waals surface area contributed by atoms with Crippen molar-refractivity contribution in [3.05, 3.63) is 59.0 Å². The number of rotatable bonds is 3. The number of para-hydroxylation sites is 1. The summed E-state index contributed by atoms with van der Waals surface area (Å²) in [6.07, 6.45) is 3.00. The van der Waals surface area contributed by atoms with Crippen LogP contribution in [0.25, 0.3) is 16.7 Å². The predicted molar refractivity (Wildman–Crippen MR) is 81.0 cm³/mol. The molecular weight excluding hydrogens is 296 g/mol. The molecule has 114 valence electrons. The topological polar surface area (TPSA) is 96.3 Å². The van der Waals surface area contributed by atoms with Crippen molar-refractivity contribution in [2.45, 2.75) is 6.54 Å². The molecule has 23 heavy (non-hydrogen) atoms. The van der Waals surface area contributed by atoms with E-state index in [0.717, 1.165) is 5.69 Å². The van der Waals surface area contributed by atoms with Gasteiger partial charge in [0.25, 0.3) is 5.56 Å². The van der Waals surface area contributed by atoms with E-state index in [9.17, 15) is 4.79 Å². The number of hydrogen-bond donors (Lipinski definition) is 0. The lowest BCUT2D eigenvalue weighted by Gasteiger charge is -2.06. The highest BCUT2D eigenvalue weighted by atomic mass is 16.1. The summed E-state index contributed by atoms with van der Waals surface area (Å²) in [5, 5.41) is 16.2. The lowest BCUT2D eigenvalue weighted by Crippen LogP contribution is -2.22. The Morgan fingerprint density at radius 2 is 2.00 bits per heavy atom. The van der Waals surface area contributed by atoms with Crippen LogP contribution in [0.4, 0.5) is 0 Å². The molecule has 4 rings (SSSR count). The van der Waals surface area contributed by atoms with E-state index >= 15 is 0 Å². The summed E-state index contributed by atoms with van der Waals surface area (Å²) in [6.45, 7) is 0.221. The molecule has 0 saturated carbocycles. The molecule has 0 radical (unpaired) electrons. The second-order valence-corrected chi connectivity index (χ2v) is 5.03. The Bertz CT molecular complexity index is 1030. The molecule has 0 spiro atoms. The van der Waals surface area contributed by atoms with E-state index in [4.69, 9.17) is 0 Å². The smallest absolute Gasteiger partial charge is 0.264 e. The first-order chi connectivity index (χ1) is 11.2. The lowest BCUT2D eigenvalue weighted by molar-refractivity contribution is 0.673. The van der Waals surface area contributed by atoms with Gasteiger partial charge in [0.2, 0.25) is 0 Å². The van der Waals surface area contributed by atoms with Crippen LogP contribution in [-0.4, -0.2) is 39.5 Å². The van der Waals surface area contributed by atoms with Crippen molar-refractivity contribution in [3.63, 3.8) is 0 Å². The van der Waals surface area contributed by atoms with E-state index in [1.54, 1.807) is 16.4 Å². The first-order valence-corrected chi connectivity index (χ1v) is 6.94. The summed E-state index contributed by atoms with van der Waals surface area (Å²) in [5.41, 5.74) is 1.20. The highest BCUT2D eigenvalue weighted by Crippen LogP contribution is 2.08. The predicted octanol–water partition coefficient (Wildman–Crippen LogP) is 0.154. The van der Waals surface area contributed by atoms with Crippen LogP contribution < -0.4 is 5.56 Å². The Labute approximate surface area is 129 Å². The zero-order chi connectivity index (χ0) is 15.8. The average Bonchev–Trinajstić information content (AvgIpc) is 3.18. The van der Waals surface area contributed by atoms with E-state index in [0.29, 0.717) is 16.9 Å². The quantitative estimate of drug-likeness (QED) is 0.534. The minimum atomic E-state index is -0.175. The van der Waals surface area contributed by atoms with Crippen molar-refractivity contribution in [3.8, 4) is 5.69 Å².